The van der Waals surface area contributed by atoms with E-state index < -0.39 is 5.97 Å². The van der Waals surface area contributed by atoms with Crippen LogP contribution in [0, 0.1) is 0 Å². The molecular formula is C20H17Cl2NO3. The van der Waals surface area contributed by atoms with Gasteiger partial charge in [-0.1, -0.05) is 41.4 Å². The van der Waals surface area contributed by atoms with Gasteiger partial charge in [-0.2, -0.15) is 0 Å². The van der Waals surface area contributed by atoms with Gasteiger partial charge in [-0.3, -0.25) is 4.79 Å². The molecule has 4 nitrogen and oxygen atoms in total. The number of halogens is 2. The molecule has 1 aliphatic rings. The maximum absolute atomic E-state index is 12.0. The van der Waals surface area contributed by atoms with Crippen LogP contribution in [0.15, 0.2) is 54.2 Å². The van der Waals surface area contributed by atoms with Gasteiger partial charge in [0.25, 0.3) is 0 Å². The highest BCUT2D eigenvalue weighted by molar-refractivity contribution is 6.36. The van der Waals surface area contributed by atoms with E-state index in [2.05, 4.69) is 5.32 Å². The second kappa shape index (κ2) is 7.94. The van der Waals surface area contributed by atoms with Crippen LogP contribution in [0.1, 0.15) is 34.7 Å². The van der Waals surface area contributed by atoms with Crippen molar-refractivity contribution in [1.29, 1.82) is 0 Å². The van der Waals surface area contributed by atoms with Crippen molar-refractivity contribution in [2.75, 3.05) is 12.4 Å². The average Bonchev–Trinajstić information content (AvgIpc) is 2.64. The molecule has 6 heteroatoms. The Morgan fingerprint density at radius 2 is 1.88 bits per heavy atom. The molecule has 0 heterocycles. The van der Waals surface area contributed by atoms with Crippen molar-refractivity contribution in [2.45, 2.75) is 18.8 Å². The topological polar surface area (TPSA) is 55.4 Å². The number of hydrogen-bond acceptors (Lipinski definition) is 4. The highest BCUT2D eigenvalue weighted by Gasteiger charge is 2.24. The monoisotopic (exact) mass is 389 g/mol. The molecule has 1 unspecified atom stereocenters. The summed E-state index contributed by atoms with van der Waals surface area (Å²) < 4.78 is 4.75. The third kappa shape index (κ3) is 3.92. The van der Waals surface area contributed by atoms with Gasteiger partial charge in [0.05, 0.1) is 23.4 Å². The fraction of sp³-hybridized carbons (Fsp3) is 0.200. The SMILES string of the molecule is COC(=O)c1cccc(NC2=CC(=O)CCC2c2ccc(Cl)cc2)c1Cl. The number of allylic oxidation sites excluding steroid dienone is 2. The molecule has 0 saturated heterocycles. The second-order valence-electron chi connectivity index (χ2n) is 5.99. The van der Waals surface area contributed by atoms with Crippen LogP contribution in [-0.4, -0.2) is 18.9 Å². The normalized spacial score (nSPS) is 16.8. The number of methoxy groups -OCH3 is 1. The zero-order valence-corrected chi connectivity index (χ0v) is 15.6. The van der Waals surface area contributed by atoms with E-state index in [9.17, 15) is 9.59 Å². The molecule has 1 atom stereocenters. The van der Waals surface area contributed by atoms with Crippen LogP contribution >= 0.6 is 23.2 Å². The molecule has 2 aromatic rings. The standard InChI is InChI=1S/C20H17Cl2NO3/c1-26-20(25)16-3-2-4-17(19(16)22)23-18-11-14(24)9-10-15(18)12-5-7-13(21)8-6-12/h2-8,11,15,23H,9-10H2,1H3. The van der Waals surface area contributed by atoms with Gasteiger partial charge in [-0.05, 0) is 36.2 Å². The average molecular weight is 390 g/mol. The van der Waals surface area contributed by atoms with Gasteiger partial charge < -0.3 is 10.1 Å². The Morgan fingerprint density at radius 1 is 1.15 bits per heavy atom. The molecule has 0 radical (unpaired) electrons. The number of carbonyl (C=O) groups is 2. The molecule has 26 heavy (non-hydrogen) atoms. The first-order chi connectivity index (χ1) is 12.5. The number of ketones is 1. The first kappa shape index (κ1) is 18.5. The van der Waals surface area contributed by atoms with E-state index in [4.69, 9.17) is 27.9 Å². The molecule has 0 saturated carbocycles. The van der Waals surface area contributed by atoms with Crippen molar-refractivity contribution in [3.05, 3.63) is 75.4 Å². The van der Waals surface area contributed by atoms with Crippen molar-refractivity contribution >= 4 is 40.6 Å². The summed E-state index contributed by atoms with van der Waals surface area (Å²) in [6, 6.07) is 12.6. The van der Waals surface area contributed by atoms with Crippen molar-refractivity contribution in [3.8, 4) is 0 Å². The molecule has 1 aliphatic carbocycles. The third-order valence-corrected chi connectivity index (χ3v) is 4.99. The Morgan fingerprint density at radius 3 is 2.58 bits per heavy atom. The number of anilines is 1. The fourth-order valence-electron chi connectivity index (χ4n) is 3.00. The summed E-state index contributed by atoms with van der Waals surface area (Å²) in [6.45, 7) is 0. The third-order valence-electron chi connectivity index (χ3n) is 4.33. The smallest absolute Gasteiger partial charge is 0.339 e. The maximum atomic E-state index is 12.0. The molecule has 0 aromatic heterocycles. The molecule has 0 fully saturated rings. The van der Waals surface area contributed by atoms with Crippen LogP contribution in [0.5, 0.6) is 0 Å². The largest absolute Gasteiger partial charge is 0.465 e. The lowest BCUT2D eigenvalue weighted by Gasteiger charge is -2.26. The van der Waals surface area contributed by atoms with E-state index in [0.717, 1.165) is 11.3 Å². The van der Waals surface area contributed by atoms with E-state index in [-0.39, 0.29) is 22.3 Å². The van der Waals surface area contributed by atoms with Gasteiger partial charge in [0.1, 0.15) is 0 Å². The molecule has 0 aliphatic heterocycles. The Balaban J connectivity index is 1.94. The van der Waals surface area contributed by atoms with Crippen molar-refractivity contribution < 1.29 is 14.3 Å². The molecular weight excluding hydrogens is 373 g/mol. The summed E-state index contributed by atoms with van der Waals surface area (Å²) in [5, 5.41) is 4.15. The van der Waals surface area contributed by atoms with Crippen LogP contribution in [0.3, 0.4) is 0 Å². The minimum absolute atomic E-state index is 0.0165. The highest BCUT2D eigenvalue weighted by atomic mass is 35.5. The lowest BCUT2D eigenvalue weighted by atomic mass is 9.85. The molecule has 0 bridgehead atoms. The zero-order chi connectivity index (χ0) is 18.7. The van der Waals surface area contributed by atoms with Gasteiger partial charge in [-0.25, -0.2) is 4.79 Å². The first-order valence-electron chi connectivity index (χ1n) is 8.13. The molecule has 0 amide bonds. The number of hydrogen-bond donors (Lipinski definition) is 1. The first-order valence-corrected chi connectivity index (χ1v) is 8.89. The van der Waals surface area contributed by atoms with Crippen LogP contribution in [0.4, 0.5) is 5.69 Å². The van der Waals surface area contributed by atoms with E-state index in [0.29, 0.717) is 23.6 Å². The summed E-state index contributed by atoms with van der Waals surface area (Å²) >= 11 is 12.3. The summed E-state index contributed by atoms with van der Waals surface area (Å²) in [7, 11) is 1.30. The fourth-order valence-corrected chi connectivity index (χ4v) is 3.38. The summed E-state index contributed by atoms with van der Waals surface area (Å²) in [5.74, 6) is -0.442. The zero-order valence-electron chi connectivity index (χ0n) is 14.1. The lowest BCUT2D eigenvalue weighted by Crippen LogP contribution is -2.18. The summed E-state index contributed by atoms with van der Waals surface area (Å²) in [4.78, 5) is 23.8. The van der Waals surface area contributed by atoms with Crippen LogP contribution in [-0.2, 0) is 9.53 Å². The van der Waals surface area contributed by atoms with Crippen molar-refractivity contribution in [3.63, 3.8) is 0 Å². The molecule has 1 N–H and O–H groups in total. The number of rotatable bonds is 4. The lowest BCUT2D eigenvalue weighted by molar-refractivity contribution is -0.115. The van der Waals surface area contributed by atoms with E-state index >= 15 is 0 Å². The summed E-state index contributed by atoms with van der Waals surface area (Å²) in [6.07, 6.45) is 2.77. The number of esters is 1. The minimum atomic E-state index is -0.512. The van der Waals surface area contributed by atoms with Crippen molar-refractivity contribution in [1.82, 2.24) is 0 Å². The molecule has 3 rings (SSSR count). The van der Waals surface area contributed by atoms with Gasteiger partial charge in [-0.15, -0.1) is 0 Å². The highest BCUT2D eigenvalue weighted by Crippen LogP contribution is 2.36. The number of carbonyl (C=O) groups excluding carboxylic acids is 2. The van der Waals surface area contributed by atoms with Crippen LogP contribution in [0.25, 0.3) is 0 Å². The molecule has 134 valence electrons. The second-order valence-corrected chi connectivity index (χ2v) is 6.81. The molecule has 0 spiro atoms. The Hall–Kier alpha value is -2.30. The number of benzene rings is 2. The van der Waals surface area contributed by atoms with Gasteiger partial charge in [0, 0.05) is 29.1 Å². The predicted octanol–water partition coefficient (Wildman–Crippen LogP) is 5.22. The quantitative estimate of drug-likeness (QED) is 0.727. The van der Waals surface area contributed by atoms with Gasteiger partial charge in [0.2, 0.25) is 0 Å². The molecule has 2 aromatic carbocycles. The van der Waals surface area contributed by atoms with Gasteiger partial charge in [0.15, 0.2) is 5.78 Å². The summed E-state index contributed by atoms with van der Waals surface area (Å²) in [5.41, 5.74) is 2.62. The number of nitrogens with one attached hydrogen (secondary N) is 1. The van der Waals surface area contributed by atoms with E-state index in [1.54, 1.807) is 24.3 Å². The van der Waals surface area contributed by atoms with Crippen LogP contribution < -0.4 is 5.32 Å². The Kier molecular flexibility index (Phi) is 5.64. The number of ether oxygens (including phenoxy) is 1. The maximum Gasteiger partial charge on any atom is 0.339 e. The Bertz CT molecular complexity index is 875. The van der Waals surface area contributed by atoms with E-state index in [1.807, 2.05) is 24.3 Å². The van der Waals surface area contributed by atoms with Crippen LogP contribution in [0.2, 0.25) is 10.0 Å². The Labute approximate surface area is 161 Å². The minimum Gasteiger partial charge on any atom is -0.465 e. The van der Waals surface area contributed by atoms with Crippen molar-refractivity contribution in [2.24, 2.45) is 0 Å². The van der Waals surface area contributed by atoms with Gasteiger partial charge >= 0.3 is 5.97 Å². The van der Waals surface area contributed by atoms with E-state index in [1.165, 1.54) is 7.11 Å². The predicted molar refractivity (Wildman–Crippen MR) is 103 cm³/mol.